The lowest BCUT2D eigenvalue weighted by molar-refractivity contribution is 0.726. The molecule has 0 unspecified atom stereocenters. The summed E-state index contributed by atoms with van der Waals surface area (Å²) in [6.07, 6.45) is 4.57. The summed E-state index contributed by atoms with van der Waals surface area (Å²) >= 11 is 0. The van der Waals surface area contributed by atoms with E-state index in [2.05, 4.69) is 11.9 Å². The Labute approximate surface area is 63.5 Å². The van der Waals surface area contributed by atoms with Crippen molar-refractivity contribution in [2.24, 2.45) is 10.7 Å². The number of aliphatic imine (C=N–C) groups is 1. The summed E-state index contributed by atoms with van der Waals surface area (Å²) in [6, 6.07) is 0. The number of nitrogens with two attached hydrogens (primary N) is 1. The highest BCUT2D eigenvalue weighted by Crippen LogP contribution is 1.93. The van der Waals surface area contributed by atoms with Crippen molar-refractivity contribution in [2.45, 2.75) is 39.5 Å². The molecular formula is C8H18N2. The van der Waals surface area contributed by atoms with Crippen LogP contribution >= 0.6 is 0 Å². The fraction of sp³-hybridized carbons (Fsp3) is 0.875. The Bertz CT molecular complexity index is 97.4. The second kappa shape index (κ2) is 6.59. The summed E-state index contributed by atoms with van der Waals surface area (Å²) in [7, 11) is 0. The molecule has 0 aliphatic rings. The minimum absolute atomic E-state index is 0.788. The van der Waals surface area contributed by atoms with Crippen molar-refractivity contribution in [1.29, 1.82) is 0 Å². The molecule has 0 aromatic rings. The molecule has 0 aliphatic carbocycles. The van der Waals surface area contributed by atoms with E-state index < -0.39 is 0 Å². The second-order valence-corrected chi connectivity index (χ2v) is 2.43. The molecule has 0 aromatic heterocycles. The quantitative estimate of drug-likeness (QED) is 0.355. The van der Waals surface area contributed by atoms with E-state index in [0.29, 0.717) is 0 Å². The number of rotatable bonds is 5. The van der Waals surface area contributed by atoms with E-state index in [1.165, 1.54) is 19.3 Å². The fourth-order valence-corrected chi connectivity index (χ4v) is 0.696. The topological polar surface area (TPSA) is 38.4 Å². The Morgan fingerprint density at radius 2 is 2.00 bits per heavy atom. The van der Waals surface area contributed by atoms with Gasteiger partial charge in [-0.1, -0.05) is 26.7 Å². The Morgan fingerprint density at radius 3 is 2.50 bits per heavy atom. The fourth-order valence-electron chi connectivity index (χ4n) is 0.696. The molecule has 2 nitrogen and oxygen atoms in total. The van der Waals surface area contributed by atoms with Crippen molar-refractivity contribution < 1.29 is 0 Å². The van der Waals surface area contributed by atoms with Crippen LogP contribution in [0.4, 0.5) is 0 Å². The van der Waals surface area contributed by atoms with Crippen molar-refractivity contribution >= 4 is 5.84 Å². The average molecular weight is 142 g/mol. The summed E-state index contributed by atoms with van der Waals surface area (Å²) < 4.78 is 0. The zero-order valence-electron chi connectivity index (χ0n) is 7.06. The highest BCUT2D eigenvalue weighted by Gasteiger charge is 1.85. The molecule has 0 fully saturated rings. The monoisotopic (exact) mass is 142 g/mol. The van der Waals surface area contributed by atoms with Gasteiger partial charge in [0.1, 0.15) is 0 Å². The summed E-state index contributed by atoms with van der Waals surface area (Å²) in [6.45, 7) is 5.12. The van der Waals surface area contributed by atoms with E-state index in [4.69, 9.17) is 5.73 Å². The summed E-state index contributed by atoms with van der Waals surface area (Å²) in [5.74, 6) is 0.788. The van der Waals surface area contributed by atoms with Crippen LogP contribution in [0.5, 0.6) is 0 Å². The van der Waals surface area contributed by atoms with Crippen LogP contribution in [0.15, 0.2) is 4.99 Å². The summed E-state index contributed by atoms with van der Waals surface area (Å²) in [5.41, 5.74) is 5.51. The lowest BCUT2D eigenvalue weighted by Gasteiger charge is -1.95. The van der Waals surface area contributed by atoms with Crippen LogP contribution < -0.4 is 5.73 Å². The molecule has 0 aliphatic heterocycles. The minimum atomic E-state index is 0.788. The minimum Gasteiger partial charge on any atom is -0.387 e. The molecule has 0 amide bonds. The van der Waals surface area contributed by atoms with Crippen molar-refractivity contribution in [3.05, 3.63) is 0 Å². The van der Waals surface area contributed by atoms with Gasteiger partial charge < -0.3 is 5.73 Å². The Balaban J connectivity index is 3.16. The van der Waals surface area contributed by atoms with Crippen LogP contribution in [0.25, 0.3) is 0 Å². The number of hydrogen-bond donors (Lipinski definition) is 1. The third-order valence-corrected chi connectivity index (χ3v) is 1.44. The number of nitrogens with zero attached hydrogens (tertiary/aromatic N) is 1. The van der Waals surface area contributed by atoms with Crippen LogP contribution in [0.2, 0.25) is 0 Å². The van der Waals surface area contributed by atoms with E-state index in [-0.39, 0.29) is 0 Å². The van der Waals surface area contributed by atoms with Gasteiger partial charge in [-0.2, -0.15) is 0 Å². The molecule has 0 saturated carbocycles. The average Bonchev–Trinajstić information content (AvgIpc) is 1.98. The largest absolute Gasteiger partial charge is 0.387 e. The van der Waals surface area contributed by atoms with E-state index >= 15 is 0 Å². The van der Waals surface area contributed by atoms with E-state index in [1.807, 2.05) is 6.92 Å². The SMILES string of the molecule is CCCCCN=C(N)CC. The van der Waals surface area contributed by atoms with Gasteiger partial charge in [0.15, 0.2) is 0 Å². The first kappa shape index (κ1) is 9.47. The van der Waals surface area contributed by atoms with Gasteiger partial charge in [0.05, 0.1) is 5.84 Å². The molecule has 10 heavy (non-hydrogen) atoms. The van der Waals surface area contributed by atoms with Crippen LogP contribution in [0.1, 0.15) is 39.5 Å². The van der Waals surface area contributed by atoms with Gasteiger partial charge in [0.2, 0.25) is 0 Å². The van der Waals surface area contributed by atoms with Gasteiger partial charge in [-0.05, 0) is 6.42 Å². The second-order valence-electron chi connectivity index (χ2n) is 2.43. The normalized spacial score (nSPS) is 12.0. The Morgan fingerprint density at radius 1 is 1.30 bits per heavy atom. The van der Waals surface area contributed by atoms with E-state index in [9.17, 15) is 0 Å². The maximum Gasteiger partial charge on any atom is 0.0934 e. The highest BCUT2D eigenvalue weighted by atomic mass is 14.8. The molecule has 0 atom stereocenters. The zero-order chi connectivity index (χ0) is 7.82. The lowest BCUT2D eigenvalue weighted by Crippen LogP contribution is -2.10. The molecule has 2 N–H and O–H groups in total. The van der Waals surface area contributed by atoms with Crippen LogP contribution in [0.3, 0.4) is 0 Å². The molecule has 0 spiro atoms. The van der Waals surface area contributed by atoms with Crippen LogP contribution in [0, 0.1) is 0 Å². The molecule has 60 valence electrons. The van der Waals surface area contributed by atoms with Gasteiger partial charge in [0, 0.05) is 13.0 Å². The summed E-state index contributed by atoms with van der Waals surface area (Å²) in [5, 5.41) is 0. The maximum absolute atomic E-state index is 5.51. The predicted molar refractivity (Wildman–Crippen MR) is 46.3 cm³/mol. The number of hydrogen-bond acceptors (Lipinski definition) is 1. The van der Waals surface area contributed by atoms with Gasteiger partial charge in [-0.15, -0.1) is 0 Å². The van der Waals surface area contributed by atoms with E-state index in [0.717, 1.165) is 18.8 Å². The first-order chi connectivity index (χ1) is 4.81. The molecule has 0 rings (SSSR count). The van der Waals surface area contributed by atoms with E-state index in [1.54, 1.807) is 0 Å². The van der Waals surface area contributed by atoms with Crippen molar-refractivity contribution in [2.75, 3.05) is 6.54 Å². The van der Waals surface area contributed by atoms with Crippen LogP contribution in [-0.4, -0.2) is 12.4 Å². The standard InChI is InChI=1S/C8H18N2/c1-3-5-6-7-10-8(9)4-2/h3-7H2,1-2H3,(H2,9,10). The third-order valence-electron chi connectivity index (χ3n) is 1.44. The van der Waals surface area contributed by atoms with Crippen molar-refractivity contribution in [3.8, 4) is 0 Å². The lowest BCUT2D eigenvalue weighted by atomic mass is 10.2. The molecule has 0 aromatic carbocycles. The molecule has 0 heterocycles. The number of unbranched alkanes of at least 4 members (excludes halogenated alkanes) is 2. The zero-order valence-corrected chi connectivity index (χ0v) is 7.06. The van der Waals surface area contributed by atoms with Crippen LogP contribution in [-0.2, 0) is 0 Å². The Hall–Kier alpha value is -0.530. The van der Waals surface area contributed by atoms with Gasteiger partial charge in [-0.25, -0.2) is 0 Å². The molecule has 0 bridgehead atoms. The molecule has 0 radical (unpaired) electrons. The first-order valence-electron chi connectivity index (χ1n) is 4.10. The molecule has 2 heteroatoms. The highest BCUT2D eigenvalue weighted by molar-refractivity contribution is 5.79. The van der Waals surface area contributed by atoms with Gasteiger partial charge >= 0.3 is 0 Å². The van der Waals surface area contributed by atoms with Gasteiger partial charge in [0.25, 0.3) is 0 Å². The number of amidine groups is 1. The maximum atomic E-state index is 5.51. The first-order valence-corrected chi connectivity index (χ1v) is 4.10. The molecule has 0 saturated heterocycles. The Kier molecular flexibility index (Phi) is 6.24. The summed E-state index contributed by atoms with van der Waals surface area (Å²) in [4.78, 5) is 4.17. The third kappa shape index (κ3) is 5.60. The smallest absolute Gasteiger partial charge is 0.0934 e. The van der Waals surface area contributed by atoms with Crippen molar-refractivity contribution in [1.82, 2.24) is 0 Å². The van der Waals surface area contributed by atoms with Gasteiger partial charge in [-0.3, -0.25) is 4.99 Å². The predicted octanol–water partition coefficient (Wildman–Crippen LogP) is 1.94. The van der Waals surface area contributed by atoms with Crippen molar-refractivity contribution in [3.63, 3.8) is 0 Å². The molecular weight excluding hydrogens is 124 g/mol.